The first-order valence-corrected chi connectivity index (χ1v) is 5.34. The van der Waals surface area contributed by atoms with Crippen LogP contribution in [0.4, 0.5) is 0 Å². The average molecular weight is 204 g/mol. The predicted octanol–water partition coefficient (Wildman–Crippen LogP) is 2.59. The normalized spacial score (nSPS) is 18.0. The van der Waals surface area contributed by atoms with Crippen molar-refractivity contribution in [1.29, 1.82) is 0 Å². The molecule has 0 N–H and O–H groups in total. The first-order chi connectivity index (χ1) is 7.19. The maximum absolute atomic E-state index is 11.8. The van der Waals surface area contributed by atoms with E-state index in [1.165, 1.54) is 12.7 Å². The van der Waals surface area contributed by atoms with Gasteiger partial charge in [-0.25, -0.2) is 0 Å². The van der Waals surface area contributed by atoms with Crippen LogP contribution in [0.2, 0.25) is 0 Å². The predicted molar refractivity (Wildman–Crippen MR) is 58.7 cm³/mol. The molecule has 1 fully saturated rings. The summed E-state index contributed by atoms with van der Waals surface area (Å²) in [6, 6.07) is 8.18. The molecule has 1 aliphatic rings. The van der Waals surface area contributed by atoms with Crippen LogP contribution in [0.3, 0.4) is 0 Å². The quantitative estimate of drug-likeness (QED) is 0.692. The highest BCUT2D eigenvalue weighted by molar-refractivity contribution is 5.84. The minimum absolute atomic E-state index is 0.0839. The molecule has 0 aliphatic heterocycles. The lowest BCUT2D eigenvalue weighted by molar-refractivity contribution is -0.151. The molecule has 2 nitrogen and oxygen atoms in total. The minimum Gasteiger partial charge on any atom is -0.468 e. The Hall–Kier alpha value is -1.31. The van der Waals surface area contributed by atoms with Crippen LogP contribution in [0, 0.1) is 6.92 Å². The molecule has 1 saturated carbocycles. The van der Waals surface area contributed by atoms with E-state index in [9.17, 15) is 4.79 Å². The van der Waals surface area contributed by atoms with Gasteiger partial charge in [-0.1, -0.05) is 36.2 Å². The van der Waals surface area contributed by atoms with Crippen LogP contribution in [-0.2, 0) is 14.9 Å². The molecule has 0 bridgehead atoms. The van der Waals surface area contributed by atoms with Gasteiger partial charge in [-0.05, 0) is 25.3 Å². The Bertz CT molecular complexity index is 378. The van der Waals surface area contributed by atoms with E-state index in [1.807, 2.05) is 25.1 Å². The molecular formula is C13H16O2. The zero-order valence-corrected chi connectivity index (χ0v) is 9.25. The molecule has 0 spiro atoms. The number of hydrogen-bond acceptors (Lipinski definition) is 2. The fourth-order valence-electron chi connectivity index (χ4n) is 2.28. The Balaban J connectivity index is 2.38. The number of esters is 1. The van der Waals surface area contributed by atoms with Crippen LogP contribution < -0.4 is 0 Å². The van der Waals surface area contributed by atoms with E-state index in [4.69, 9.17) is 4.74 Å². The second-order valence-electron chi connectivity index (χ2n) is 4.30. The Kier molecular flexibility index (Phi) is 2.51. The molecule has 0 unspecified atom stereocenters. The largest absolute Gasteiger partial charge is 0.468 e. The Morgan fingerprint density at radius 2 is 2.13 bits per heavy atom. The molecule has 0 aromatic heterocycles. The third kappa shape index (κ3) is 1.54. The number of carbonyl (C=O) groups excluding carboxylic acids is 1. The van der Waals surface area contributed by atoms with E-state index in [-0.39, 0.29) is 11.4 Å². The second-order valence-corrected chi connectivity index (χ2v) is 4.30. The maximum atomic E-state index is 11.8. The third-order valence-electron chi connectivity index (χ3n) is 3.35. The van der Waals surface area contributed by atoms with E-state index in [0.717, 1.165) is 24.8 Å². The van der Waals surface area contributed by atoms with E-state index in [2.05, 4.69) is 6.07 Å². The molecule has 1 aromatic carbocycles. The highest BCUT2D eigenvalue weighted by Gasteiger charge is 2.46. The number of benzene rings is 1. The summed E-state index contributed by atoms with van der Waals surface area (Å²) in [4.78, 5) is 11.8. The monoisotopic (exact) mass is 204 g/mol. The standard InChI is InChI=1S/C13H16O2/c1-10-5-3-6-11(9-10)13(7-4-8-13)12(14)15-2/h3,5-6,9H,4,7-8H2,1-2H3. The number of rotatable bonds is 2. The van der Waals surface area contributed by atoms with Gasteiger partial charge in [0.25, 0.3) is 0 Å². The molecule has 2 heteroatoms. The molecule has 0 amide bonds. The van der Waals surface area contributed by atoms with Crippen molar-refractivity contribution < 1.29 is 9.53 Å². The van der Waals surface area contributed by atoms with Crippen molar-refractivity contribution in [3.05, 3.63) is 35.4 Å². The van der Waals surface area contributed by atoms with Gasteiger partial charge < -0.3 is 4.74 Å². The molecule has 15 heavy (non-hydrogen) atoms. The lowest BCUT2D eigenvalue weighted by atomic mass is 9.64. The van der Waals surface area contributed by atoms with E-state index in [1.54, 1.807) is 0 Å². The second kappa shape index (κ2) is 3.69. The zero-order valence-electron chi connectivity index (χ0n) is 9.25. The summed E-state index contributed by atoms with van der Waals surface area (Å²) in [5.41, 5.74) is 1.96. The Labute approximate surface area is 90.3 Å². The number of methoxy groups -OCH3 is 1. The smallest absolute Gasteiger partial charge is 0.316 e. The summed E-state index contributed by atoms with van der Waals surface area (Å²) in [7, 11) is 1.47. The van der Waals surface area contributed by atoms with Crippen molar-refractivity contribution in [3.63, 3.8) is 0 Å². The summed E-state index contributed by atoms with van der Waals surface area (Å²) in [6.45, 7) is 2.05. The highest BCUT2D eigenvalue weighted by Crippen LogP contribution is 2.44. The summed E-state index contributed by atoms with van der Waals surface area (Å²) >= 11 is 0. The summed E-state index contributed by atoms with van der Waals surface area (Å²) in [6.07, 6.45) is 2.95. The molecule has 0 radical (unpaired) electrons. The van der Waals surface area contributed by atoms with Gasteiger partial charge in [0.05, 0.1) is 12.5 Å². The van der Waals surface area contributed by atoms with Crippen LogP contribution >= 0.6 is 0 Å². The molecule has 1 aromatic rings. The maximum Gasteiger partial charge on any atom is 0.316 e. The Morgan fingerprint density at radius 1 is 1.40 bits per heavy atom. The first kappa shape index (κ1) is 10.2. The van der Waals surface area contributed by atoms with E-state index in [0.29, 0.717) is 0 Å². The van der Waals surface area contributed by atoms with E-state index < -0.39 is 0 Å². The summed E-state index contributed by atoms with van der Waals surface area (Å²) in [5, 5.41) is 0. The van der Waals surface area contributed by atoms with Crippen molar-refractivity contribution >= 4 is 5.97 Å². The molecule has 0 saturated heterocycles. The van der Waals surface area contributed by atoms with Gasteiger partial charge in [0.1, 0.15) is 0 Å². The van der Waals surface area contributed by atoms with Gasteiger partial charge in [-0.15, -0.1) is 0 Å². The van der Waals surface area contributed by atoms with Gasteiger partial charge in [0.15, 0.2) is 0 Å². The highest BCUT2D eigenvalue weighted by atomic mass is 16.5. The van der Waals surface area contributed by atoms with Crippen LogP contribution in [-0.4, -0.2) is 13.1 Å². The summed E-state index contributed by atoms with van der Waals surface area (Å²) in [5.74, 6) is -0.0839. The number of ether oxygens (including phenoxy) is 1. The summed E-state index contributed by atoms with van der Waals surface area (Å²) < 4.78 is 4.91. The van der Waals surface area contributed by atoms with Crippen molar-refractivity contribution in [2.45, 2.75) is 31.6 Å². The van der Waals surface area contributed by atoms with Crippen molar-refractivity contribution in [2.75, 3.05) is 7.11 Å². The van der Waals surface area contributed by atoms with Crippen LogP contribution in [0.25, 0.3) is 0 Å². The van der Waals surface area contributed by atoms with Crippen LogP contribution in [0.1, 0.15) is 30.4 Å². The van der Waals surface area contributed by atoms with Gasteiger partial charge >= 0.3 is 5.97 Å². The first-order valence-electron chi connectivity index (χ1n) is 5.34. The molecular weight excluding hydrogens is 188 g/mol. The fourth-order valence-corrected chi connectivity index (χ4v) is 2.28. The molecule has 80 valence electrons. The third-order valence-corrected chi connectivity index (χ3v) is 3.35. The van der Waals surface area contributed by atoms with Crippen molar-refractivity contribution in [1.82, 2.24) is 0 Å². The van der Waals surface area contributed by atoms with Gasteiger partial charge in [-0.3, -0.25) is 4.79 Å². The van der Waals surface area contributed by atoms with Crippen molar-refractivity contribution in [2.24, 2.45) is 0 Å². The zero-order chi connectivity index (χ0) is 10.9. The van der Waals surface area contributed by atoms with Gasteiger partial charge in [-0.2, -0.15) is 0 Å². The molecule has 1 aliphatic carbocycles. The van der Waals surface area contributed by atoms with Crippen molar-refractivity contribution in [3.8, 4) is 0 Å². The topological polar surface area (TPSA) is 26.3 Å². The number of hydrogen-bond donors (Lipinski definition) is 0. The van der Waals surface area contributed by atoms with Gasteiger partial charge in [0.2, 0.25) is 0 Å². The molecule has 2 rings (SSSR count). The Morgan fingerprint density at radius 3 is 2.60 bits per heavy atom. The lowest BCUT2D eigenvalue weighted by Gasteiger charge is -2.39. The fraction of sp³-hybridized carbons (Fsp3) is 0.462. The van der Waals surface area contributed by atoms with Crippen LogP contribution in [0.5, 0.6) is 0 Å². The van der Waals surface area contributed by atoms with Gasteiger partial charge in [0, 0.05) is 0 Å². The number of carbonyl (C=O) groups is 1. The molecule has 0 atom stereocenters. The molecule has 0 heterocycles. The van der Waals surface area contributed by atoms with E-state index >= 15 is 0 Å². The number of aryl methyl sites for hydroxylation is 1. The van der Waals surface area contributed by atoms with Crippen LogP contribution in [0.15, 0.2) is 24.3 Å². The lowest BCUT2D eigenvalue weighted by Crippen LogP contribution is -2.43. The minimum atomic E-state index is -0.346. The SMILES string of the molecule is COC(=O)C1(c2cccc(C)c2)CCC1. The average Bonchev–Trinajstić information content (AvgIpc) is 2.16.